The van der Waals surface area contributed by atoms with Crippen LogP contribution >= 0.6 is 21.6 Å². The van der Waals surface area contributed by atoms with Crippen LogP contribution in [0.5, 0.6) is 0 Å². The predicted octanol–water partition coefficient (Wildman–Crippen LogP) is -1.87. The minimum Gasteiger partial charge on any atom is -0.481 e. The average Bonchev–Trinajstić information content (AvgIpc) is 4.00. The summed E-state index contributed by atoms with van der Waals surface area (Å²) in [6, 6.07) is 6.05. The van der Waals surface area contributed by atoms with Crippen molar-refractivity contribution >= 4 is 91.7 Å². The Labute approximate surface area is 415 Å². The van der Waals surface area contributed by atoms with Crippen LogP contribution in [0, 0.1) is 0 Å². The van der Waals surface area contributed by atoms with Gasteiger partial charge < -0.3 is 69.5 Å². The van der Waals surface area contributed by atoms with Crippen LogP contribution in [0.3, 0.4) is 0 Å². The fraction of sp³-hybridized carbons (Fsp3) is 0.400. The molecule has 1 aliphatic rings. The Kier molecular flexibility index (Phi) is 20.6. The number of amides is 8. The van der Waals surface area contributed by atoms with Crippen molar-refractivity contribution in [1.29, 1.82) is 0 Å². The molecule has 5 rings (SSSR count). The van der Waals surface area contributed by atoms with Crippen LogP contribution in [0.25, 0.3) is 10.9 Å². The van der Waals surface area contributed by atoms with Crippen LogP contribution in [0.2, 0.25) is 0 Å². The van der Waals surface area contributed by atoms with Crippen LogP contribution in [0.4, 0.5) is 0 Å². The molecule has 1 aliphatic heterocycles. The molecule has 0 saturated carbocycles. The molecule has 16 N–H and O–H groups in total. The quantitative estimate of drug-likeness (QED) is 0.0269. The highest BCUT2D eigenvalue weighted by atomic mass is 33.1. The van der Waals surface area contributed by atoms with E-state index in [1.54, 1.807) is 42.6 Å². The number of guanidine groups is 1. The summed E-state index contributed by atoms with van der Waals surface area (Å²) in [6.07, 6.45) is 3.04. The largest absolute Gasteiger partial charge is 0.481 e. The highest BCUT2D eigenvalue weighted by molar-refractivity contribution is 8.76. The van der Waals surface area contributed by atoms with Crippen molar-refractivity contribution in [3.63, 3.8) is 0 Å². The average molecular weight is 1020 g/mol. The zero-order valence-corrected chi connectivity index (χ0v) is 40.2. The van der Waals surface area contributed by atoms with Gasteiger partial charge in [-0.2, -0.15) is 0 Å². The number of nitrogens with two attached hydrogens (primary N) is 3. The van der Waals surface area contributed by atoms with Gasteiger partial charge in [-0.15, -0.1) is 0 Å². The molecule has 0 radical (unpaired) electrons. The summed E-state index contributed by atoms with van der Waals surface area (Å²) in [4.78, 5) is 137. The number of nitrogens with one attached hydrogen (secondary N) is 9. The van der Waals surface area contributed by atoms with E-state index >= 15 is 0 Å². The standard InChI is InChI=1S/C45H58N14O10S2/c1-24(60)53-36-22-71-70-21-35(38(46)63)59-42(67)33(17-26-19-51-29-11-6-5-10-28(26)29)57-39(64)30(12-7-15-50-45(47)48)54-41(66)32(16-25-8-3-2-4-9-25)56-43(68)34(18-27-20-49-23-52-27)58-40(65)31(55-44(36)69)13-14-37(61)62/h2-6,8-11,19-20,23,30-36,51H,7,12-18,21-22H2,1H3,(H2,46,63)(H,49,52)(H,53,60)(H,54,66)(H,55,69)(H,56,68)(H,57,64)(H,58,65)(H,59,67)(H,61,62)(H4,47,48,50)/t30-,31-,32+,33-,34-,35-,36-/m0/s1. The van der Waals surface area contributed by atoms with E-state index in [2.05, 4.69) is 57.2 Å². The smallest absolute Gasteiger partial charge is 0.303 e. The number of hydrogen-bond acceptors (Lipinski definition) is 13. The number of aromatic nitrogens is 3. The van der Waals surface area contributed by atoms with Crippen LogP contribution in [-0.4, -0.2) is 140 Å². The van der Waals surface area contributed by atoms with Gasteiger partial charge >= 0.3 is 5.97 Å². The molecule has 3 heterocycles. The van der Waals surface area contributed by atoms with Crippen LogP contribution in [0.1, 0.15) is 49.4 Å². The van der Waals surface area contributed by atoms with E-state index in [1.165, 1.54) is 12.5 Å². The van der Waals surface area contributed by atoms with E-state index in [-0.39, 0.29) is 56.1 Å². The van der Waals surface area contributed by atoms with Crippen molar-refractivity contribution in [2.75, 3.05) is 18.1 Å². The van der Waals surface area contributed by atoms with E-state index in [0.29, 0.717) is 16.8 Å². The second-order valence-electron chi connectivity index (χ2n) is 16.5. The number of carboxylic acid groups (broad SMARTS) is 1. The maximum atomic E-state index is 14.6. The molecule has 380 valence electrons. The van der Waals surface area contributed by atoms with Gasteiger partial charge in [-0.3, -0.25) is 48.1 Å². The SMILES string of the molecule is CC(=O)N[C@H]1CSSC[C@@H](C(N)=O)NC(=O)[C@H](Cc2c[nH]c3ccccc23)NC(=O)[C@H](CCCN=C(N)N)NC(=O)[C@@H](Cc2ccccc2)NC(=O)[C@H](Cc2cnc[nH]2)NC(=O)[C@H](CCC(=O)O)NC1=O. The fourth-order valence-electron chi connectivity index (χ4n) is 7.41. The molecule has 0 unspecified atom stereocenters. The molecule has 4 aromatic rings. The highest BCUT2D eigenvalue weighted by Crippen LogP contribution is 2.24. The number of hydrogen-bond donors (Lipinski definition) is 13. The van der Waals surface area contributed by atoms with Crippen molar-refractivity contribution in [3.05, 3.63) is 90.1 Å². The lowest BCUT2D eigenvalue weighted by Gasteiger charge is -2.28. The number of imidazole rings is 1. The number of nitrogens with zero attached hydrogens (tertiary/aromatic N) is 2. The van der Waals surface area contributed by atoms with E-state index in [9.17, 15) is 48.3 Å². The second-order valence-corrected chi connectivity index (χ2v) is 19.1. The number of aromatic amines is 2. The van der Waals surface area contributed by atoms with Crippen LogP contribution in [-0.2, 0) is 62.4 Å². The number of benzene rings is 2. The molecule has 8 amide bonds. The number of fused-ring (bicyclic) bond motifs is 1. The normalized spacial score (nSPS) is 22.4. The number of rotatable bonds is 15. The Balaban J connectivity index is 1.58. The van der Waals surface area contributed by atoms with Gasteiger partial charge in [0.1, 0.15) is 42.3 Å². The van der Waals surface area contributed by atoms with Gasteiger partial charge in [0.05, 0.1) is 6.33 Å². The molecule has 71 heavy (non-hydrogen) atoms. The Morgan fingerprint density at radius 3 is 1.92 bits per heavy atom. The molecule has 2 aromatic heterocycles. The van der Waals surface area contributed by atoms with Crippen molar-refractivity contribution in [2.45, 2.75) is 94.2 Å². The zero-order valence-electron chi connectivity index (χ0n) is 38.6. The molecule has 0 bridgehead atoms. The summed E-state index contributed by atoms with van der Waals surface area (Å²) in [6.45, 7) is 1.21. The number of carboxylic acids is 1. The summed E-state index contributed by atoms with van der Waals surface area (Å²) >= 11 is 0. The summed E-state index contributed by atoms with van der Waals surface area (Å²) in [7, 11) is 2.03. The van der Waals surface area contributed by atoms with Crippen LogP contribution < -0.4 is 54.4 Å². The van der Waals surface area contributed by atoms with E-state index in [4.69, 9.17) is 17.2 Å². The van der Waals surface area contributed by atoms with Crippen molar-refractivity contribution in [2.24, 2.45) is 22.2 Å². The number of H-pyrrole nitrogens is 2. The van der Waals surface area contributed by atoms with E-state index in [0.717, 1.165) is 39.4 Å². The van der Waals surface area contributed by atoms with Gasteiger partial charge in [0.2, 0.25) is 47.3 Å². The summed E-state index contributed by atoms with van der Waals surface area (Å²) in [5, 5.41) is 28.8. The molecule has 1 fully saturated rings. The third-order valence-electron chi connectivity index (χ3n) is 11.0. The predicted molar refractivity (Wildman–Crippen MR) is 265 cm³/mol. The number of carbonyl (C=O) groups excluding carboxylic acids is 8. The lowest BCUT2D eigenvalue weighted by molar-refractivity contribution is -0.138. The summed E-state index contributed by atoms with van der Waals surface area (Å²) < 4.78 is 0. The molecule has 0 spiro atoms. The lowest BCUT2D eigenvalue weighted by Crippen LogP contribution is -2.61. The van der Waals surface area contributed by atoms with Gasteiger partial charge in [0.15, 0.2) is 5.96 Å². The Morgan fingerprint density at radius 1 is 0.704 bits per heavy atom. The first-order chi connectivity index (χ1) is 34.0. The number of aliphatic imine (C=N–C) groups is 1. The molecule has 26 heteroatoms. The maximum Gasteiger partial charge on any atom is 0.303 e. The number of primary amides is 1. The van der Waals surface area contributed by atoms with Crippen molar-refractivity contribution < 1.29 is 48.3 Å². The second kappa shape index (κ2) is 27.0. The highest BCUT2D eigenvalue weighted by Gasteiger charge is 2.35. The molecular formula is C45H58N14O10S2. The van der Waals surface area contributed by atoms with Crippen molar-refractivity contribution in [3.8, 4) is 0 Å². The molecule has 7 atom stereocenters. The van der Waals surface area contributed by atoms with Gasteiger partial charge in [-0.05, 0) is 36.5 Å². The minimum atomic E-state index is -1.56. The number of para-hydroxylation sites is 1. The zero-order chi connectivity index (χ0) is 51.5. The first-order valence-electron chi connectivity index (χ1n) is 22.4. The molecular weight excluding hydrogens is 961 g/mol. The van der Waals surface area contributed by atoms with Gasteiger partial charge in [0.25, 0.3) is 0 Å². The first kappa shape index (κ1) is 54.3. The monoisotopic (exact) mass is 1020 g/mol. The number of carbonyl (C=O) groups is 9. The molecule has 1 saturated heterocycles. The first-order valence-corrected chi connectivity index (χ1v) is 24.9. The van der Waals surface area contributed by atoms with Crippen molar-refractivity contribution in [1.82, 2.24) is 52.2 Å². The molecule has 2 aromatic carbocycles. The molecule has 0 aliphatic carbocycles. The van der Waals surface area contributed by atoms with Gasteiger partial charge in [0, 0.05) is 79.6 Å². The van der Waals surface area contributed by atoms with Gasteiger partial charge in [-0.1, -0.05) is 70.1 Å². The maximum absolute atomic E-state index is 14.6. The van der Waals surface area contributed by atoms with Crippen LogP contribution in [0.15, 0.2) is 78.3 Å². The fourth-order valence-corrected chi connectivity index (χ4v) is 9.75. The minimum absolute atomic E-state index is 0.0514. The van der Waals surface area contributed by atoms with Gasteiger partial charge in [-0.25, -0.2) is 4.98 Å². The Bertz CT molecular complexity index is 2540. The molecule has 24 nitrogen and oxygen atoms in total. The third kappa shape index (κ3) is 17.4. The van der Waals surface area contributed by atoms with E-state index < -0.39 is 108 Å². The lowest BCUT2D eigenvalue weighted by atomic mass is 10.0. The Hall–Kier alpha value is -7.61. The number of aliphatic carboxylic acids is 1. The summed E-state index contributed by atoms with van der Waals surface area (Å²) in [5.74, 6) is -8.55. The van der Waals surface area contributed by atoms with E-state index in [1.807, 2.05) is 18.2 Å². The topological polar surface area (TPSA) is 393 Å². The third-order valence-corrected chi connectivity index (χ3v) is 13.4. The summed E-state index contributed by atoms with van der Waals surface area (Å²) in [5.41, 5.74) is 19.2. The Morgan fingerprint density at radius 2 is 1.28 bits per heavy atom.